The maximum atomic E-state index is 3.99. The summed E-state index contributed by atoms with van der Waals surface area (Å²) in [5, 5.41) is 0. The maximum absolute atomic E-state index is 3.99. The first-order valence-electron chi connectivity index (χ1n) is 8.27. The summed E-state index contributed by atoms with van der Waals surface area (Å²) < 4.78 is 0. The molecule has 0 radical (unpaired) electrons. The summed E-state index contributed by atoms with van der Waals surface area (Å²) in [5.74, 6) is 6.22. The number of fused-ring (bicyclic) bond motifs is 2. The van der Waals surface area contributed by atoms with Gasteiger partial charge in [0, 0.05) is 4.83 Å². The highest BCUT2D eigenvalue weighted by Crippen LogP contribution is 2.52. The molecular formula is C17H29Br. The first-order valence-corrected chi connectivity index (χ1v) is 9.19. The lowest BCUT2D eigenvalue weighted by molar-refractivity contribution is 0.176. The van der Waals surface area contributed by atoms with E-state index in [1.807, 2.05) is 0 Å². The van der Waals surface area contributed by atoms with Crippen LogP contribution in [0.15, 0.2) is 0 Å². The molecule has 0 N–H and O–H groups in total. The van der Waals surface area contributed by atoms with Gasteiger partial charge in [-0.1, -0.05) is 36.2 Å². The second kappa shape index (κ2) is 5.46. The van der Waals surface area contributed by atoms with Crippen LogP contribution in [-0.4, -0.2) is 4.83 Å². The number of rotatable bonds is 3. The molecule has 104 valence electrons. The minimum Gasteiger partial charge on any atom is -0.0888 e. The molecule has 3 rings (SSSR count). The van der Waals surface area contributed by atoms with Crippen molar-refractivity contribution in [1.29, 1.82) is 0 Å². The van der Waals surface area contributed by atoms with Crippen molar-refractivity contribution in [3.05, 3.63) is 0 Å². The molecule has 0 saturated heterocycles. The smallest absolute Gasteiger partial charge is 0.0174 e. The van der Waals surface area contributed by atoms with Gasteiger partial charge in [0.25, 0.3) is 0 Å². The van der Waals surface area contributed by atoms with Crippen molar-refractivity contribution >= 4 is 15.9 Å². The van der Waals surface area contributed by atoms with E-state index in [-0.39, 0.29) is 0 Å². The minimum absolute atomic E-state index is 0.826. The standard InChI is InChI=1S/C17H29Br/c1-11(2)13-5-6-17(18)16(9-13)10-15-8-12-3-4-14(15)7-12/h11-17H,3-10H2,1-2H3. The quantitative estimate of drug-likeness (QED) is 0.591. The zero-order valence-electron chi connectivity index (χ0n) is 12.1. The third kappa shape index (κ3) is 2.67. The van der Waals surface area contributed by atoms with Crippen LogP contribution in [0.4, 0.5) is 0 Å². The molecule has 2 bridgehead atoms. The van der Waals surface area contributed by atoms with Crippen molar-refractivity contribution in [1.82, 2.24) is 0 Å². The molecular weight excluding hydrogens is 284 g/mol. The van der Waals surface area contributed by atoms with E-state index in [2.05, 4.69) is 29.8 Å². The Balaban J connectivity index is 1.57. The second-order valence-electron chi connectivity index (χ2n) is 7.76. The van der Waals surface area contributed by atoms with Crippen molar-refractivity contribution in [3.63, 3.8) is 0 Å². The molecule has 0 heterocycles. The van der Waals surface area contributed by atoms with Crippen molar-refractivity contribution in [2.75, 3.05) is 0 Å². The Hall–Kier alpha value is 0.480. The van der Waals surface area contributed by atoms with E-state index in [1.165, 1.54) is 19.3 Å². The number of alkyl halides is 1. The van der Waals surface area contributed by atoms with Crippen molar-refractivity contribution in [2.24, 2.45) is 35.5 Å². The normalized spacial score (nSPS) is 48.0. The van der Waals surface area contributed by atoms with Crippen LogP contribution in [0.5, 0.6) is 0 Å². The topological polar surface area (TPSA) is 0 Å². The van der Waals surface area contributed by atoms with E-state index in [1.54, 1.807) is 32.1 Å². The highest BCUT2D eigenvalue weighted by molar-refractivity contribution is 9.09. The lowest BCUT2D eigenvalue weighted by Gasteiger charge is -2.38. The Morgan fingerprint density at radius 2 is 1.78 bits per heavy atom. The van der Waals surface area contributed by atoms with E-state index in [0.29, 0.717) is 0 Å². The summed E-state index contributed by atoms with van der Waals surface area (Å²) in [6, 6.07) is 0. The Kier molecular flexibility index (Phi) is 4.09. The van der Waals surface area contributed by atoms with Gasteiger partial charge in [-0.05, 0) is 80.5 Å². The summed E-state index contributed by atoms with van der Waals surface area (Å²) in [4.78, 5) is 0.826. The van der Waals surface area contributed by atoms with E-state index < -0.39 is 0 Å². The number of hydrogen-bond acceptors (Lipinski definition) is 0. The monoisotopic (exact) mass is 312 g/mol. The zero-order chi connectivity index (χ0) is 12.7. The fourth-order valence-corrected chi connectivity index (χ4v) is 5.86. The van der Waals surface area contributed by atoms with Gasteiger partial charge in [-0.15, -0.1) is 0 Å². The largest absolute Gasteiger partial charge is 0.0888 e. The van der Waals surface area contributed by atoms with Crippen molar-refractivity contribution in [3.8, 4) is 0 Å². The predicted octanol–water partition coefficient (Wildman–Crippen LogP) is 5.65. The van der Waals surface area contributed by atoms with E-state index in [9.17, 15) is 0 Å². The van der Waals surface area contributed by atoms with Gasteiger partial charge >= 0.3 is 0 Å². The van der Waals surface area contributed by atoms with Crippen LogP contribution in [0, 0.1) is 35.5 Å². The molecule has 3 fully saturated rings. The predicted molar refractivity (Wildman–Crippen MR) is 81.9 cm³/mol. The van der Waals surface area contributed by atoms with Crippen LogP contribution in [0.25, 0.3) is 0 Å². The Labute approximate surface area is 121 Å². The van der Waals surface area contributed by atoms with E-state index in [4.69, 9.17) is 0 Å². The lowest BCUT2D eigenvalue weighted by atomic mass is 9.71. The van der Waals surface area contributed by atoms with Crippen LogP contribution >= 0.6 is 15.9 Å². The van der Waals surface area contributed by atoms with Gasteiger partial charge in [-0.3, -0.25) is 0 Å². The summed E-state index contributed by atoms with van der Waals surface area (Å²) >= 11 is 3.99. The fraction of sp³-hybridized carbons (Fsp3) is 1.00. The third-order valence-corrected chi connectivity index (χ3v) is 7.57. The molecule has 6 unspecified atom stereocenters. The molecule has 0 spiro atoms. The van der Waals surface area contributed by atoms with E-state index in [0.717, 1.165) is 40.3 Å². The van der Waals surface area contributed by atoms with Gasteiger partial charge in [0.1, 0.15) is 0 Å². The van der Waals surface area contributed by atoms with Crippen molar-refractivity contribution < 1.29 is 0 Å². The Morgan fingerprint density at radius 1 is 0.944 bits per heavy atom. The first kappa shape index (κ1) is 13.5. The summed E-state index contributed by atoms with van der Waals surface area (Å²) in [6.45, 7) is 4.85. The molecule has 0 aliphatic heterocycles. The van der Waals surface area contributed by atoms with Crippen LogP contribution in [0.3, 0.4) is 0 Å². The molecule has 18 heavy (non-hydrogen) atoms. The fourth-order valence-electron chi connectivity index (χ4n) is 5.17. The SMILES string of the molecule is CC(C)C1CCC(Br)C(CC2CC3CCC2C3)C1. The van der Waals surface area contributed by atoms with E-state index >= 15 is 0 Å². The molecule has 3 aliphatic carbocycles. The molecule has 0 aromatic rings. The number of hydrogen-bond donors (Lipinski definition) is 0. The second-order valence-corrected chi connectivity index (χ2v) is 8.94. The van der Waals surface area contributed by atoms with Gasteiger partial charge in [0.2, 0.25) is 0 Å². The summed E-state index contributed by atoms with van der Waals surface area (Å²) in [6.07, 6.45) is 12.2. The molecule has 6 atom stereocenters. The Bertz CT molecular complexity index is 285. The lowest BCUT2D eigenvalue weighted by Crippen LogP contribution is -2.30. The van der Waals surface area contributed by atoms with Crippen LogP contribution in [-0.2, 0) is 0 Å². The zero-order valence-corrected chi connectivity index (χ0v) is 13.7. The Morgan fingerprint density at radius 3 is 2.39 bits per heavy atom. The maximum Gasteiger partial charge on any atom is 0.0174 e. The van der Waals surface area contributed by atoms with Crippen molar-refractivity contribution in [2.45, 2.75) is 70.0 Å². The minimum atomic E-state index is 0.826. The third-order valence-electron chi connectivity index (χ3n) is 6.36. The number of halogens is 1. The molecule has 0 aromatic carbocycles. The highest BCUT2D eigenvalue weighted by Gasteiger charge is 2.41. The summed E-state index contributed by atoms with van der Waals surface area (Å²) in [5.41, 5.74) is 0. The molecule has 0 amide bonds. The highest BCUT2D eigenvalue weighted by atomic mass is 79.9. The first-order chi connectivity index (χ1) is 8.63. The van der Waals surface area contributed by atoms with Gasteiger partial charge in [-0.25, -0.2) is 0 Å². The average Bonchev–Trinajstić information content (AvgIpc) is 2.93. The molecule has 1 heteroatoms. The van der Waals surface area contributed by atoms with Crippen LogP contribution in [0.2, 0.25) is 0 Å². The van der Waals surface area contributed by atoms with Gasteiger partial charge in [0.05, 0.1) is 0 Å². The van der Waals surface area contributed by atoms with Gasteiger partial charge < -0.3 is 0 Å². The van der Waals surface area contributed by atoms with Crippen LogP contribution < -0.4 is 0 Å². The van der Waals surface area contributed by atoms with Crippen LogP contribution in [0.1, 0.15) is 65.2 Å². The molecule has 3 aliphatic rings. The molecule has 0 aromatic heterocycles. The average molecular weight is 313 g/mol. The molecule has 0 nitrogen and oxygen atoms in total. The van der Waals surface area contributed by atoms with Gasteiger partial charge in [-0.2, -0.15) is 0 Å². The van der Waals surface area contributed by atoms with Gasteiger partial charge in [0.15, 0.2) is 0 Å². The molecule has 3 saturated carbocycles. The summed E-state index contributed by atoms with van der Waals surface area (Å²) in [7, 11) is 0.